The van der Waals surface area contributed by atoms with Crippen LogP contribution in [0.25, 0.3) is 22.3 Å². The molecule has 0 N–H and O–H groups in total. The molecule has 1 aliphatic heterocycles. The second-order valence-corrected chi connectivity index (χ2v) is 6.74. The molecule has 4 rings (SSSR count). The van der Waals surface area contributed by atoms with Crippen molar-refractivity contribution >= 4 is 11.1 Å². The largest absolute Gasteiger partial charge is 0.285 e. The van der Waals surface area contributed by atoms with Crippen LogP contribution in [0.2, 0.25) is 0 Å². The molecule has 23 heavy (non-hydrogen) atoms. The van der Waals surface area contributed by atoms with Crippen LogP contribution in [0.4, 0.5) is 0 Å². The Hall–Kier alpha value is -2.23. The van der Waals surface area contributed by atoms with Crippen LogP contribution in [-0.2, 0) is 27.6 Å². The van der Waals surface area contributed by atoms with Crippen LogP contribution in [-0.4, -0.2) is 4.21 Å². The van der Waals surface area contributed by atoms with Gasteiger partial charge < -0.3 is 0 Å². The fraction of sp³-hybridized carbons (Fsp3) is 0.100. The van der Waals surface area contributed by atoms with Gasteiger partial charge in [-0.2, -0.15) is 0 Å². The highest BCUT2D eigenvalue weighted by atomic mass is 32.2. The van der Waals surface area contributed by atoms with Gasteiger partial charge in [-0.15, -0.1) is 0 Å². The highest BCUT2D eigenvalue weighted by Crippen LogP contribution is 2.36. The predicted octanol–water partition coefficient (Wildman–Crippen LogP) is 4.71. The van der Waals surface area contributed by atoms with E-state index in [1.54, 1.807) is 0 Å². The first kappa shape index (κ1) is 14.4. The van der Waals surface area contributed by atoms with E-state index in [2.05, 4.69) is 48.5 Å². The maximum absolute atomic E-state index is 11.7. The van der Waals surface area contributed by atoms with E-state index in [4.69, 9.17) is 4.18 Å². The van der Waals surface area contributed by atoms with Crippen LogP contribution >= 0.6 is 0 Å². The summed E-state index contributed by atoms with van der Waals surface area (Å²) in [5, 5.41) is 0. The van der Waals surface area contributed by atoms with Crippen LogP contribution in [0.5, 0.6) is 0 Å². The quantitative estimate of drug-likeness (QED) is 0.683. The third-order valence-electron chi connectivity index (χ3n) is 4.13. The zero-order chi connectivity index (χ0) is 15.6. The topological polar surface area (TPSA) is 26.3 Å². The Kier molecular flexibility index (Phi) is 3.82. The van der Waals surface area contributed by atoms with E-state index in [1.165, 1.54) is 22.3 Å². The lowest BCUT2D eigenvalue weighted by Gasteiger charge is -2.20. The van der Waals surface area contributed by atoms with Gasteiger partial charge >= 0.3 is 0 Å². The zero-order valence-corrected chi connectivity index (χ0v) is 13.4. The zero-order valence-electron chi connectivity index (χ0n) is 12.6. The molecule has 0 saturated heterocycles. The molecule has 0 aliphatic carbocycles. The Labute approximate surface area is 138 Å². The molecule has 0 spiro atoms. The molecule has 0 bridgehead atoms. The van der Waals surface area contributed by atoms with Crippen molar-refractivity contribution in [2.75, 3.05) is 0 Å². The minimum absolute atomic E-state index is 0.414. The van der Waals surface area contributed by atoms with Crippen LogP contribution in [0.1, 0.15) is 11.1 Å². The van der Waals surface area contributed by atoms with Gasteiger partial charge in [0.25, 0.3) is 0 Å². The molecule has 1 unspecified atom stereocenters. The molecular weight excluding hydrogens is 304 g/mol. The minimum Gasteiger partial charge on any atom is -0.285 e. The van der Waals surface area contributed by atoms with Gasteiger partial charge in [0.2, 0.25) is 0 Å². The molecule has 0 fully saturated rings. The molecule has 0 saturated carbocycles. The Morgan fingerprint density at radius 1 is 0.739 bits per heavy atom. The van der Waals surface area contributed by atoms with Crippen molar-refractivity contribution in [3.05, 3.63) is 83.9 Å². The van der Waals surface area contributed by atoms with Crippen molar-refractivity contribution < 1.29 is 8.39 Å². The summed E-state index contributed by atoms with van der Waals surface area (Å²) in [7, 11) is 0. The van der Waals surface area contributed by atoms with Gasteiger partial charge in [-0.3, -0.25) is 4.18 Å². The van der Waals surface area contributed by atoms with Crippen molar-refractivity contribution in [3.63, 3.8) is 0 Å². The summed E-state index contributed by atoms with van der Waals surface area (Å²) >= 11 is -1.22. The highest BCUT2D eigenvalue weighted by molar-refractivity contribution is 7.79. The first-order valence-corrected chi connectivity index (χ1v) is 8.84. The second-order valence-electron chi connectivity index (χ2n) is 5.61. The molecule has 1 atom stereocenters. The third kappa shape index (κ3) is 2.85. The van der Waals surface area contributed by atoms with Crippen LogP contribution in [0.15, 0.2) is 72.8 Å². The summed E-state index contributed by atoms with van der Waals surface area (Å²) in [4.78, 5) is 0. The number of rotatable bonds is 2. The third-order valence-corrected chi connectivity index (χ3v) is 5.06. The smallest absolute Gasteiger partial charge is 0.160 e. The summed E-state index contributed by atoms with van der Waals surface area (Å²) in [5.41, 5.74) is 6.96. The Morgan fingerprint density at radius 2 is 1.26 bits per heavy atom. The molecule has 3 aromatic carbocycles. The highest BCUT2D eigenvalue weighted by Gasteiger charge is 2.19. The number of hydrogen-bond acceptors (Lipinski definition) is 2. The monoisotopic (exact) mass is 320 g/mol. The predicted molar refractivity (Wildman–Crippen MR) is 93.9 cm³/mol. The van der Waals surface area contributed by atoms with Gasteiger partial charge in [-0.1, -0.05) is 60.7 Å². The standard InChI is InChI=1S/C20H16O2S/c21-23-14-18-12-20(16-9-5-2-6-10-16)19(11-17(18)13-22-23)15-7-3-1-4-8-15/h1-12H,13-14H2. The van der Waals surface area contributed by atoms with Gasteiger partial charge in [0.1, 0.15) is 0 Å². The van der Waals surface area contributed by atoms with Gasteiger partial charge in [-0.05, 0) is 45.5 Å². The van der Waals surface area contributed by atoms with Gasteiger partial charge in [0.15, 0.2) is 11.1 Å². The van der Waals surface area contributed by atoms with E-state index >= 15 is 0 Å². The van der Waals surface area contributed by atoms with Crippen molar-refractivity contribution in [3.8, 4) is 22.3 Å². The van der Waals surface area contributed by atoms with E-state index in [0.717, 1.165) is 11.1 Å². The Morgan fingerprint density at radius 3 is 1.83 bits per heavy atom. The van der Waals surface area contributed by atoms with Gasteiger partial charge in [-0.25, -0.2) is 4.21 Å². The van der Waals surface area contributed by atoms with Gasteiger partial charge in [0.05, 0.1) is 12.4 Å². The maximum Gasteiger partial charge on any atom is 0.160 e. The number of hydrogen-bond donors (Lipinski definition) is 0. The van der Waals surface area contributed by atoms with Gasteiger partial charge in [0, 0.05) is 0 Å². The number of fused-ring (bicyclic) bond motifs is 1. The van der Waals surface area contributed by atoms with Crippen molar-refractivity contribution in [1.82, 2.24) is 0 Å². The fourth-order valence-corrected chi connectivity index (χ4v) is 3.83. The first-order chi connectivity index (χ1) is 11.3. The lowest BCUT2D eigenvalue weighted by Crippen LogP contribution is -2.11. The normalized spacial score (nSPS) is 16.8. The molecule has 3 heteroatoms. The lowest BCUT2D eigenvalue weighted by molar-refractivity contribution is 0.328. The van der Waals surface area contributed by atoms with Crippen LogP contribution < -0.4 is 0 Å². The minimum atomic E-state index is -1.22. The van der Waals surface area contributed by atoms with Crippen molar-refractivity contribution in [1.29, 1.82) is 0 Å². The molecule has 1 heterocycles. The lowest BCUT2D eigenvalue weighted by atomic mass is 9.90. The molecule has 2 nitrogen and oxygen atoms in total. The van der Waals surface area contributed by atoms with E-state index in [9.17, 15) is 4.21 Å². The summed E-state index contributed by atoms with van der Waals surface area (Å²) in [5.74, 6) is 0.463. The van der Waals surface area contributed by atoms with E-state index in [1.807, 2.05) is 24.3 Å². The second kappa shape index (κ2) is 6.11. The fourth-order valence-electron chi connectivity index (χ4n) is 2.97. The number of benzene rings is 3. The molecular formula is C20H16O2S. The average molecular weight is 320 g/mol. The summed E-state index contributed by atoms with van der Waals surface area (Å²) in [6, 6.07) is 25.1. The molecule has 3 aromatic rings. The molecule has 0 aromatic heterocycles. The van der Waals surface area contributed by atoms with E-state index < -0.39 is 11.1 Å². The summed E-state index contributed by atoms with van der Waals surface area (Å²) in [6.07, 6.45) is 0. The SMILES string of the molecule is O=S1Cc2cc(-c3ccccc3)c(-c3ccccc3)cc2CO1. The first-order valence-electron chi connectivity index (χ1n) is 7.59. The van der Waals surface area contributed by atoms with Crippen molar-refractivity contribution in [2.45, 2.75) is 12.4 Å². The van der Waals surface area contributed by atoms with Crippen LogP contribution in [0.3, 0.4) is 0 Å². The van der Waals surface area contributed by atoms with E-state index in [-0.39, 0.29) is 0 Å². The maximum atomic E-state index is 11.7. The molecule has 1 aliphatic rings. The average Bonchev–Trinajstić information content (AvgIpc) is 2.62. The van der Waals surface area contributed by atoms with Crippen molar-refractivity contribution in [2.24, 2.45) is 0 Å². The molecule has 0 amide bonds. The Bertz CT molecular complexity index is 858. The molecule has 114 valence electrons. The summed E-state index contributed by atoms with van der Waals surface area (Å²) in [6.45, 7) is 0.414. The summed E-state index contributed by atoms with van der Waals surface area (Å²) < 4.78 is 17.0. The Balaban J connectivity index is 1.95. The van der Waals surface area contributed by atoms with E-state index in [0.29, 0.717) is 12.4 Å². The molecule has 0 radical (unpaired) electrons. The van der Waals surface area contributed by atoms with Crippen LogP contribution in [0, 0.1) is 0 Å².